The number of hydrogen-bond acceptors (Lipinski definition) is 7. The molecule has 3 aromatic heterocycles. The summed E-state index contributed by atoms with van der Waals surface area (Å²) in [6.45, 7) is 19.4. The lowest BCUT2D eigenvalue weighted by Gasteiger charge is -2.36. The Labute approximate surface area is 283 Å². The summed E-state index contributed by atoms with van der Waals surface area (Å²) in [5.41, 5.74) is 4.40. The second-order valence-electron chi connectivity index (χ2n) is 14.8. The molecule has 0 fully saturated rings. The van der Waals surface area contributed by atoms with Crippen molar-refractivity contribution in [2.24, 2.45) is 0 Å². The van der Waals surface area contributed by atoms with Crippen LogP contribution in [0, 0.1) is 0 Å². The van der Waals surface area contributed by atoms with Gasteiger partial charge in [-0.1, -0.05) is 58.9 Å². The second-order valence-corrected chi connectivity index (χ2v) is 26.0. The molecule has 0 saturated heterocycles. The van der Waals surface area contributed by atoms with E-state index in [9.17, 15) is 9.59 Å². The lowest BCUT2D eigenvalue weighted by atomic mass is 10.00. The van der Waals surface area contributed by atoms with Gasteiger partial charge < -0.3 is 14.5 Å². The molecule has 0 atom stereocenters. The van der Waals surface area contributed by atoms with Crippen molar-refractivity contribution < 1.29 is 14.0 Å². The van der Waals surface area contributed by atoms with Crippen LogP contribution < -0.4 is 9.74 Å². The molecule has 10 heteroatoms. The molecule has 0 aliphatic carbocycles. The number of anilines is 1. The third-order valence-corrected chi connectivity index (χ3v) is 19.4. The van der Waals surface area contributed by atoms with Crippen molar-refractivity contribution in [1.82, 2.24) is 9.97 Å². The Kier molecular flexibility index (Phi) is 9.51. The van der Waals surface area contributed by atoms with E-state index in [4.69, 9.17) is 14.4 Å². The number of amides is 1. The molecule has 0 bridgehead atoms. The zero-order valence-electron chi connectivity index (χ0n) is 28.3. The number of rotatable bonds is 10. The molecule has 1 amide bonds. The van der Waals surface area contributed by atoms with Crippen LogP contribution in [-0.4, -0.2) is 37.3 Å². The monoisotopic (exact) mass is 687 g/mol. The summed E-state index contributed by atoms with van der Waals surface area (Å²) in [5, 5.41) is 5.10. The maximum atomic E-state index is 13.3. The molecule has 0 radical (unpaired) electrons. The molecule has 242 valence electrons. The van der Waals surface area contributed by atoms with Gasteiger partial charge in [0.15, 0.2) is 14.1 Å². The minimum Gasteiger partial charge on any atom is -0.544 e. The molecule has 46 heavy (non-hydrogen) atoms. The topological polar surface area (TPSA) is 84.3 Å². The Morgan fingerprint density at radius 3 is 2.17 bits per heavy atom. The van der Waals surface area contributed by atoms with E-state index >= 15 is 0 Å². The molecule has 0 aliphatic rings. The summed E-state index contributed by atoms with van der Waals surface area (Å²) in [6, 6.07) is 20.4. The van der Waals surface area contributed by atoms with Crippen LogP contribution in [0.15, 0.2) is 72.2 Å². The van der Waals surface area contributed by atoms with Crippen LogP contribution in [-0.2, 0) is 17.6 Å². The Hall–Kier alpha value is -3.16. The molecule has 5 rings (SSSR count). The summed E-state index contributed by atoms with van der Waals surface area (Å²) >= 11 is 3.34. The SMILES string of the molecule is CC(C)(Cc1ccc(CC(=O)Nc2ncc(-c3ccc(O[Si](C)(C)C(C)(C)C)cc3)nc2-c2cc3sccc3s2)cc1)[Si](C)(C)O. The molecule has 0 saturated carbocycles. The first-order chi connectivity index (χ1) is 21.4. The van der Waals surface area contributed by atoms with Crippen LogP contribution in [0.3, 0.4) is 0 Å². The van der Waals surface area contributed by atoms with Crippen LogP contribution in [0.2, 0.25) is 36.3 Å². The minimum atomic E-state index is -2.31. The quantitative estimate of drug-likeness (QED) is 0.143. The van der Waals surface area contributed by atoms with E-state index in [2.05, 4.69) is 82.7 Å². The third-order valence-electron chi connectivity index (χ3n) is 9.42. The van der Waals surface area contributed by atoms with Crippen molar-refractivity contribution in [2.45, 2.75) is 83.7 Å². The van der Waals surface area contributed by atoms with E-state index in [-0.39, 0.29) is 22.4 Å². The largest absolute Gasteiger partial charge is 0.544 e. The molecule has 5 aromatic rings. The number of benzene rings is 2. The van der Waals surface area contributed by atoms with E-state index in [0.717, 1.165) is 39.4 Å². The van der Waals surface area contributed by atoms with Gasteiger partial charge in [-0.15, -0.1) is 22.7 Å². The van der Waals surface area contributed by atoms with Gasteiger partial charge in [-0.25, -0.2) is 9.97 Å². The fourth-order valence-electron chi connectivity index (χ4n) is 4.68. The van der Waals surface area contributed by atoms with Crippen LogP contribution in [0.4, 0.5) is 5.82 Å². The number of carbonyl (C=O) groups excluding carboxylic acids is 1. The van der Waals surface area contributed by atoms with Crippen molar-refractivity contribution in [3.8, 4) is 27.6 Å². The molecule has 2 aromatic carbocycles. The van der Waals surface area contributed by atoms with Gasteiger partial charge in [0, 0.05) is 15.0 Å². The van der Waals surface area contributed by atoms with Crippen LogP contribution >= 0.6 is 22.7 Å². The van der Waals surface area contributed by atoms with Crippen LogP contribution in [0.5, 0.6) is 5.75 Å². The third kappa shape index (κ3) is 7.69. The Bertz CT molecular complexity index is 1800. The fourth-order valence-corrected chi connectivity index (χ4v) is 8.45. The first-order valence-electron chi connectivity index (χ1n) is 15.7. The lowest BCUT2D eigenvalue weighted by Crippen LogP contribution is -2.43. The summed E-state index contributed by atoms with van der Waals surface area (Å²) in [5.74, 6) is 1.17. The van der Waals surface area contributed by atoms with Crippen molar-refractivity contribution in [3.63, 3.8) is 0 Å². The zero-order chi connectivity index (χ0) is 33.5. The number of fused-ring (bicyclic) bond motifs is 1. The first-order valence-corrected chi connectivity index (χ1v) is 23.2. The van der Waals surface area contributed by atoms with Crippen molar-refractivity contribution in [1.29, 1.82) is 0 Å². The average molecular weight is 688 g/mol. The van der Waals surface area contributed by atoms with Gasteiger partial charge in [-0.2, -0.15) is 0 Å². The van der Waals surface area contributed by atoms with Gasteiger partial charge in [0.2, 0.25) is 14.2 Å². The maximum absolute atomic E-state index is 13.3. The number of nitrogens with one attached hydrogen (secondary N) is 1. The normalized spacial score (nSPS) is 12.8. The number of carbonyl (C=O) groups is 1. The molecule has 6 nitrogen and oxygen atoms in total. The van der Waals surface area contributed by atoms with Gasteiger partial charge in [-0.3, -0.25) is 4.79 Å². The molecule has 0 aliphatic heterocycles. The Morgan fingerprint density at radius 1 is 0.913 bits per heavy atom. The summed E-state index contributed by atoms with van der Waals surface area (Å²) in [7, 11) is -4.26. The average Bonchev–Trinajstić information content (AvgIpc) is 3.56. The van der Waals surface area contributed by atoms with E-state index in [1.54, 1.807) is 28.9 Å². The number of nitrogens with zero attached hydrogens (tertiary/aromatic N) is 2. The number of aromatic nitrogens is 2. The molecule has 0 spiro atoms. The van der Waals surface area contributed by atoms with Crippen LogP contribution in [0.1, 0.15) is 45.7 Å². The van der Waals surface area contributed by atoms with E-state index in [1.165, 1.54) is 9.40 Å². The minimum absolute atomic E-state index is 0.112. The predicted molar refractivity (Wildman–Crippen MR) is 200 cm³/mol. The lowest BCUT2D eigenvalue weighted by molar-refractivity contribution is -0.115. The zero-order valence-corrected chi connectivity index (χ0v) is 32.0. The fraction of sp³-hybridized carbons (Fsp3) is 0.361. The van der Waals surface area contributed by atoms with Crippen LogP contribution in [0.25, 0.3) is 31.2 Å². The highest BCUT2D eigenvalue weighted by molar-refractivity contribution is 7.28. The second kappa shape index (κ2) is 12.8. The molecular weight excluding hydrogens is 643 g/mol. The highest BCUT2D eigenvalue weighted by Gasteiger charge is 2.39. The smallest absolute Gasteiger partial charge is 0.250 e. The molecule has 3 heterocycles. The first kappa shape index (κ1) is 34.2. The van der Waals surface area contributed by atoms with Gasteiger partial charge in [-0.05, 0) is 95.6 Å². The van der Waals surface area contributed by atoms with Gasteiger partial charge >= 0.3 is 0 Å². The molecular formula is C36H45N3O3S2Si2. The van der Waals surface area contributed by atoms with Gasteiger partial charge in [0.05, 0.1) is 23.2 Å². The molecule has 2 N–H and O–H groups in total. The maximum Gasteiger partial charge on any atom is 0.250 e. The standard InChI is InChI=1S/C36H45N3O3S2Si2/c1-35(2,3)46(8,9)42-27-16-14-26(15-17-27)28-23-37-34(33(38-28)31-21-30-29(44-31)18-19-43-30)39-32(40)20-24-10-12-25(13-11-24)22-36(4,5)45(6,7)41/h10-19,21,23,41H,20,22H2,1-9H3,(H,37,39,40). The van der Waals surface area contributed by atoms with E-state index in [1.807, 2.05) is 49.5 Å². The summed E-state index contributed by atoms with van der Waals surface area (Å²) < 4.78 is 8.85. The Balaban J connectivity index is 1.37. The number of thiophene rings is 2. The molecule has 0 unspecified atom stereocenters. The highest BCUT2D eigenvalue weighted by Crippen LogP contribution is 2.41. The summed E-state index contributed by atoms with van der Waals surface area (Å²) in [6.07, 6.45) is 2.74. The predicted octanol–water partition coefficient (Wildman–Crippen LogP) is 10.2. The van der Waals surface area contributed by atoms with E-state index in [0.29, 0.717) is 11.5 Å². The highest BCUT2D eigenvalue weighted by atomic mass is 32.1. The van der Waals surface area contributed by atoms with Crippen molar-refractivity contribution >= 4 is 60.4 Å². The number of hydrogen-bond donors (Lipinski definition) is 2. The van der Waals surface area contributed by atoms with E-state index < -0.39 is 16.6 Å². The van der Waals surface area contributed by atoms with Crippen molar-refractivity contribution in [3.05, 3.63) is 83.4 Å². The summed E-state index contributed by atoms with van der Waals surface area (Å²) in [4.78, 5) is 34.7. The van der Waals surface area contributed by atoms with Gasteiger partial charge in [0.1, 0.15) is 11.4 Å². The van der Waals surface area contributed by atoms with Crippen molar-refractivity contribution in [2.75, 3.05) is 5.32 Å². The Morgan fingerprint density at radius 2 is 1.57 bits per heavy atom. The van der Waals surface area contributed by atoms with Gasteiger partial charge in [0.25, 0.3) is 0 Å².